The number of amides is 2. The number of piperidine rings is 1. The minimum absolute atomic E-state index is 0.00536. The highest BCUT2D eigenvalue weighted by molar-refractivity contribution is 7.89. The molecule has 2 amide bonds. The molecule has 148 valence electrons. The number of ether oxygens (including phenoxy) is 1. The molecule has 1 unspecified atom stereocenters. The first-order valence-electron chi connectivity index (χ1n) is 8.72. The van der Waals surface area contributed by atoms with Gasteiger partial charge in [-0.05, 0) is 38.0 Å². The van der Waals surface area contributed by atoms with Gasteiger partial charge in [0, 0.05) is 26.1 Å². The molecule has 1 aromatic carbocycles. The summed E-state index contributed by atoms with van der Waals surface area (Å²) < 4.78 is 32.3. The first-order chi connectivity index (χ1) is 12.7. The van der Waals surface area contributed by atoms with E-state index in [-0.39, 0.29) is 34.0 Å². The molecule has 0 bridgehead atoms. The minimum Gasteiger partial charge on any atom is -0.447 e. The van der Waals surface area contributed by atoms with Gasteiger partial charge in [-0.1, -0.05) is 11.6 Å². The molecule has 2 aliphatic heterocycles. The van der Waals surface area contributed by atoms with Crippen molar-refractivity contribution in [3.8, 4) is 0 Å². The topological polar surface area (TPSA) is 96.0 Å². The Hall–Kier alpha value is -1.84. The quantitative estimate of drug-likeness (QED) is 0.813. The van der Waals surface area contributed by atoms with E-state index in [1.807, 2.05) is 6.92 Å². The summed E-state index contributed by atoms with van der Waals surface area (Å²) >= 11 is 6.10. The number of rotatable bonds is 4. The third kappa shape index (κ3) is 4.04. The Balaban J connectivity index is 1.71. The Morgan fingerprint density at radius 2 is 1.96 bits per heavy atom. The van der Waals surface area contributed by atoms with Crippen LogP contribution >= 0.6 is 11.6 Å². The molecule has 1 aromatic rings. The maximum absolute atomic E-state index is 12.9. The lowest BCUT2D eigenvalue weighted by Gasteiger charge is -2.36. The number of anilines is 1. The highest BCUT2D eigenvalue weighted by Crippen LogP contribution is 2.30. The van der Waals surface area contributed by atoms with Crippen molar-refractivity contribution in [1.29, 1.82) is 0 Å². The van der Waals surface area contributed by atoms with Crippen LogP contribution in [0.4, 0.5) is 10.5 Å². The van der Waals surface area contributed by atoms with Gasteiger partial charge in [0.25, 0.3) is 0 Å². The van der Waals surface area contributed by atoms with Gasteiger partial charge < -0.3 is 10.1 Å². The molecule has 1 N–H and O–H groups in total. The van der Waals surface area contributed by atoms with E-state index in [1.54, 1.807) is 4.90 Å². The summed E-state index contributed by atoms with van der Waals surface area (Å²) in [6.45, 7) is 4.27. The van der Waals surface area contributed by atoms with Crippen LogP contribution in [-0.2, 0) is 19.6 Å². The summed E-state index contributed by atoms with van der Waals surface area (Å²) in [5.41, 5.74) is 0.364. The number of nitrogens with one attached hydrogen (secondary N) is 1. The molecular formula is C17H22ClN3O5S. The molecule has 8 nitrogen and oxygen atoms in total. The Kier molecular flexibility index (Phi) is 5.64. The Bertz CT molecular complexity index is 852. The van der Waals surface area contributed by atoms with Crippen LogP contribution in [0.5, 0.6) is 0 Å². The lowest BCUT2D eigenvalue weighted by atomic mass is 10.0. The SMILES string of the molecule is CC(=O)Nc1ccc(S(=O)(=O)N2CCC(N3C(=O)OCC3C)CC2)cc1Cl. The number of hydrogen-bond donors (Lipinski definition) is 1. The number of nitrogens with zero attached hydrogens (tertiary/aromatic N) is 2. The lowest BCUT2D eigenvalue weighted by Crippen LogP contribution is -2.49. The normalized spacial score (nSPS) is 22.0. The number of sulfonamides is 1. The highest BCUT2D eigenvalue weighted by atomic mass is 35.5. The zero-order chi connectivity index (χ0) is 19.8. The van der Waals surface area contributed by atoms with Crippen molar-refractivity contribution in [3.05, 3.63) is 23.2 Å². The van der Waals surface area contributed by atoms with Gasteiger partial charge in [0.05, 0.1) is 21.6 Å². The van der Waals surface area contributed by atoms with Gasteiger partial charge in [-0.3, -0.25) is 9.69 Å². The van der Waals surface area contributed by atoms with E-state index >= 15 is 0 Å². The van der Waals surface area contributed by atoms with E-state index in [2.05, 4.69) is 5.32 Å². The van der Waals surface area contributed by atoms with E-state index < -0.39 is 10.0 Å². The van der Waals surface area contributed by atoms with Crippen molar-refractivity contribution in [2.75, 3.05) is 25.0 Å². The second-order valence-electron chi connectivity index (χ2n) is 6.79. The summed E-state index contributed by atoms with van der Waals surface area (Å²) in [6.07, 6.45) is 0.774. The molecule has 2 heterocycles. The number of cyclic esters (lactones) is 1. The first-order valence-corrected chi connectivity index (χ1v) is 10.5. The van der Waals surface area contributed by atoms with Crippen molar-refractivity contribution in [3.63, 3.8) is 0 Å². The number of benzene rings is 1. The van der Waals surface area contributed by atoms with Gasteiger partial charge in [0.2, 0.25) is 15.9 Å². The second kappa shape index (κ2) is 7.65. The third-order valence-electron chi connectivity index (χ3n) is 4.84. The maximum Gasteiger partial charge on any atom is 0.410 e. The van der Waals surface area contributed by atoms with Crippen LogP contribution < -0.4 is 5.32 Å². The molecule has 1 atom stereocenters. The smallest absolute Gasteiger partial charge is 0.410 e. The van der Waals surface area contributed by atoms with Crippen molar-refractivity contribution < 1.29 is 22.7 Å². The van der Waals surface area contributed by atoms with E-state index in [1.165, 1.54) is 29.4 Å². The van der Waals surface area contributed by atoms with Crippen molar-refractivity contribution in [1.82, 2.24) is 9.21 Å². The fraction of sp³-hybridized carbons (Fsp3) is 0.529. The Labute approximate surface area is 163 Å². The van der Waals surface area contributed by atoms with Crippen LogP contribution in [0.1, 0.15) is 26.7 Å². The molecule has 0 saturated carbocycles. The van der Waals surface area contributed by atoms with Crippen LogP contribution in [0, 0.1) is 0 Å². The number of halogens is 1. The predicted octanol–water partition coefficient (Wildman–Crippen LogP) is 2.29. The van der Waals surface area contributed by atoms with Crippen LogP contribution in [0.3, 0.4) is 0 Å². The second-order valence-corrected chi connectivity index (χ2v) is 9.14. The van der Waals surface area contributed by atoms with E-state index in [0.717, 1.165) is 0 Å². The standard InChI is InChI=1S/C17H22ClN3O5S/c1-11-10-26-17(23)21(11)13-5-7-20(8-6-13)27(24,25)14-3-4-16(15(18)9-14)19-12(2)22/h3-4,9,11,13H,5-8,10H2,1-2H3,(H,19,22). The monoisotopic (exact) mass is 415 g/mol. The third-order valence-corrected chi connectivity index (χ3v) is 7.05. The van der Waals surface area contributed by atoms with Gasteiger partial charge in [-0.2, -0.15) is 4.31 Å². The minimum atomic E-state index is -3.70. The van der Waals surface area contributed by atoms with Crippen LogP contribution in [0.2, 0.25) is 5.02 Å². The molecule has 2 aliphatic rings. The zero-order valence-corrected chi connectivity index (χ0v) is 16.7. The Morgan fingerprint density at radius 1 is 1.30 bits per heavy atom. The highest BCUT2D eigenvalue weighted by Gasteiger charge is 2.39. The summed E-state index contributed by atoms with van der Waals surface area (Å²) in [4.78, 5) is 24.8. The van der Waals surface area contributed by atoms with Gasteiger partial charge >= 0.3 is 6.09 Å². The fourth-order valence-corrected chi connectivity index (χ4v) is 5.28. The Morgan fingerprint density at radius 3 is 2.48 bits per heavy atom. The van der Waals surface area contributed by atoms with Gasteiger partial charge in [-0.15, -0.1) is 0 Å². The molecule has 0 spiro atoms. The summed E-state index contributed by atoms with van der Waals surface area (Å²) in [5, 5.41) is 2.71. The van der Waals surface area contributed by atoms with Crippen LogP contribution in [-0.4, -0.2) is 61.4 Å². The van der Waals surface area contributed by atoms with Crippen molar-refractivity contribution in [2.24, 2.45) is 0 Å². The molecule has 0 radical (unpaired) electrons. The average molecular weight is 416 g/mol. The van der Waals surface area contributed by atoms with E-state index in [9.17, 15) is 18.0 Å². The largest absolute Gasteiger partial charge is 0.447 e. The molecule has 2 fully saturated rings. The number of carbonyl (C=O) groups excluding carboxylic acids is 2. The van der Waals surface area contributed by atoms with Gasteiger partial charge in [0.15, 0.2) is 0 Å². The molecule has 2 saturated heterocycles. The molecule has 3 rings (SSSR count). The van der Waals surface area contributed by atoms with Crippen molar-refractivity contribution in [2.45, 2.75) is 43.7 Å². The summed E-state index contributed by atoms with van der Waals surface area (Å²) in [5.74, 6) is -0.288. The lowest BCUT2D eigenvalue weighted by molar-refractivity contribution is -0.114. The first kappa shape index (κ1) is 19.9. The zero-order valence-electron chi connectivity index (χ0n) is 15.1. The van der Waals surface area contributed by atoms with E-state index in [0.29, 0.717) is 38.2 Å². The van der Waals surface area contributed by atoms with E-state index in [4.69, 9.17) is 16.3 Å². The van der Waals surface area contributed by atoms with Crippen LogP contribution in [0.15, 0.2) is 23.1 Å². The average Bonchev–Trinajstić information content (AvgIpc) is 2.95. The molecule has 0 aromatic heterocycles. The molecule has 10 heteroatoms. The van der Waals surface area contributed by atoms with Gasteiger partial charge in [0.1, 0.15) is 6.61 Å². The summed E-state index contributed by atoms with van der Waals surface area (Å²) in [6, 6.07) is 4.23. The molecular weight excluding hydrogens is 394 g/mol. The van der Waals surface area contributed by atoms with Gasteiger partial charge in [-0.25, -0.2) is 13.2 Å². The van der Waals surface area contributed by atoms with Crippen molar-refractivity contribution >= 4 is 39.3 Å². The fourth-order valence-electron chi connectivity index (χ4n) is 3.49. The predicted molar refractivity (Wildman–Crippen MR) is 100 cm³/mol. The maximum atomic E-state index is 12.9. The number of hydrogen-bond acceptors (Lipinski definition) is 5. The molecule has 27 heavy (non-hydrogen) atoms. The van der Waals surface area contributed by atoms with Crippen LogP contribution in [0.25, 0.3) is 0 Å². The number of carbonyl (C=O) groups is 2. The summed E-state index contributed by atoms with van der Waals surface area (Å²) in [7, 11) is -3.70. The molecule has 0 aliphatic carbocycles.